The molecule has 782 valence electrons. The molecular weight excluding hydrogens is 2080 g/mol. The van der Waals surface area contributed by atoms with Crippen LogP contribution in [0.3, 0.4) is 0 Å². The van der Waals surface area contributed by atoms with Gasteiger partial charge < -0.3 is 64.4 Å². The number of alkyl halides is 25. The average Bonchev–Trinajstić information content (AvgIpc) is 1.25. The Morgan fingerprint density at radius 3 is 0.987 bits per heavy atom. The third-order valence-corrected chi connectivity index (χ3v) is 24.5. The predicted octanol–water partition coefficient (Wildman–Crippen LogP) is 26.3. The van der Waals surface area contributed by atoms with Gasteiger partial charge in [0.25, 0.3) is 0 Å². The first-order chi connectivity index (χ1) is 70.4. The van der Waals surface area contributed by atoms with Gasteiger partial charge in [-0.15, -0.1) is 0 Å². The van der Waals surface area contributed by atoms with Crippen molar-refractivity contribution in [2.75, 3.05) is 40.1 Å². The number of rotatable bonds is 24. The molecule has 44 heteroatoms. The van der Waals surface area contributed by atoms with Gasteiger partial charge in [0, 0.05) is 27.2 Å². The second kappa shape index (κ2) is 48.7. The van der Waals surface area contributed by atoms with Gasteiger partial charge in [0.15, 0.2) is 18.3 Å². The van der Waals surface area contributed by atoms with Crippen LogP contribution in [0.25, 0.3) is 33.4 Å². The lowest BCUT2D eigenvalue weighted by Gasteiger charge is -2.41. The first kappa shape index (κ1) is 113. The number of ether oxygens (including phenoxy) is 5. The highest BCUT2D eigenvalue weighted by atomic mass is 79.9. The SMILES string of the molecule is FC(F)(F)C1CO1.FC(F)C(F)(F)Oc1cccc(C2CCc3c(Br)cccc3N2)c1.N#Cc1cccc(-c2cccc3c2CCC(c2cccc(OC(F)(F)C(F)F)c2)N3)c1.N#Cc1cccc(-c2cccc3c2CCC(c2cccc(OC(F)(F)C(F)F)c2)N3CC(O)C(F)(F)F)c1.N#Cc1cccc(-c2cccc3c2CCC(c2cccc(OC(F)(F)C(F)F)c2)N3CC(O)C(F)(F)F)c1.N#Cc1cccc(B(O)O)c1. The highest BCUT2D eigenvalue weighted by molar-refractivity contribution is 9.10. The van der Waals surface area contributed by atoms with E-state index in [9.17, 15) is 136 Å². The first-order valence-electron chi connectivity index (χ1n) is 44.9. The lowest BCUT2D eigenvalue weighted by molar-refractivity contribution is -0.253. The monoisotopic (exact) mass is 2160 g/mol. The van der Waals surface area contributed by atoms with E-state index in [1.54, 1.807) is 121 Å². The van der Waals surface area contributed by atoms with Gasteiger partial charge in [-0.3, -0.25) is 0 Å². The molecule has 7 atom stereocenters. The number of hydrogen-bond acceptors (Lipinski definition) is 17. The summed E-state index contributed by atoms with van der Waals surface area (Å²) in [6.07, 6.45) is -51.2. The van der Waals surface area contributed by atoms with Crippen molar-refractivity contribution >= 4 is 51.3 Å². The molecule has 0 radical (unpaired) electrons. The normalized spacial score (nSPS) is 16.6. The Labute approximate surface area is 843 Å². The van der Waals surface area contributed by atoms with Crippen molar-refractivity contribution in [1.29, 1.82) is 21.0 Å². The fourth-order valence-electron chi connectivity index (χ4n) is 16.7. The summed E-state index contributed by atoms with van der Waals surface area (Å²) in [6.45, 7) is -1.87. The number of hydrogen-bond donors (Lipinski definition) is 6. The number of nitriles is 4. The van der Waals surface area contributed by atoms with E-state index >= 15 is 0 Å². The van der Waals surface area contributed by atoms with Crippen molar-refractivity contribution in [3.8, 4) is 80.7 Å². The van der Waals surface area contributed by atoms with Gasteiger partial charge in [0.05, 0.1) is 90.4 Å². The second-order valence-electron chi connectivity index (χ2n) is 33.9. The van der Waals surface area contributed by atoms with Crippen LogP contribution in [0.1, 0.15) is 117 Å². The third kappa shape index (κ3) is 29.8. The van der Waals surface area contributed by atoms with Crippen LogP contribution in [0.4, 0.5) is 133 Å². The second-order valence-corrected chi connectivity index (χ2v) is 34.8. The van der Waals surface area contributed by atoms with Crippen LogP contribution in [0.2, 0.25) is 0 Å². The first-order valence-corrected chi connectivity index (χ1v) is 45.7. The van der Waals surface area contributed by atoms with E-state index < -0.39 is 131 Å². The van der Waals surface area contributed by atoms with Crippen molar-refractivity contribution in [3.63, 3.8) is 0 Å². The molecule has 5 heterocycles. The van der Waals surface area contributed by atoms with Crippen molar-refractivity contribution < 1.29 is 154 Å². The molecule has 0 bridgehead atoms. The van der Waals surface area contributed by atoms with Gasteiger partial charge >= 0.3 is 75.8 Å². The van der Waals surface area contributed by atoms with E-state index in [4.69, 9.17) is 15.3 Å². The number of halogens is 26. The van der Waals surface area contributed by atoms with Crippen LogP contribution in [-0.2, 0) is 30.4 Å². The molecule has 1 saturated heterocycles. The quantitative estimate of drug-likeness (QED) is 0.0187. The van der Waals surface area contributed by atoms with Gasteiger partial charge in [0.2, 0.25) is 0 Å². The molecule has 0 saturated carbocycles. The highest BCUT2D eigenvalue weighted by Gasteiger charge is 2.51. The summed E-state index contributed by atoms with van der Waals surface area (Å²) >= 11 is 3.50. The predicted molar refractivity (Wildman–Crippen MR) is 503 cm³/mol. The Balaban J connectivity index is 0.000000168. The molecule has 12 aromatic rings. The standard InChI is InChI=1S/2C27H21F7N2O2.C24H18F4N2O.C17H14BrF4NO.C7H6BNO2.C3H3F3O/c2*28-25(29)27(33,34)38-19-7-2-6-18(13-19)22-11-10-21-20(17-5-1-4-16(12-17)14-35)8-3-9-23(21)36(22)15-24(37)26(30,31)32;25-23(26)24(27,28)31-18-7-2-6-17(13-18)21-11-10-20-19(8-3-9-22(20)30-21)16-5-1-4-15(12-16)14-29;18-13-5-2-6-15-12(13)7-8-14(23-15)10-3-1-4-11(9-10)24-17(21,22)16(19)20;9-5-6-2-1-3-7(4-6)8(10)11;4-3(5,6)2-1-7-2/h2*1-9,12-13,22,24-25,37H,10-11,15H2;1-9,12-13,21,23,30H,10-11H2;1-6,9,14,16,23H,7-8H2;1-4,10-11H;2H,1H2. The summed E-state index contributed by atoms with van der Waals surface area (Å²) in [6, 6.07) is 76.4. The van der Waals surface area contributed by atoms with E-state index in [1.807, 2.05) is 72.8 Å². The zero-order chi connectivity index (χ0) is 108. The smallest absolute Gasteiger partial charge is 0.428 e. The Morgan fingerprint density at radius 1 is 0.362 bits per heavy atom. The molecule has 5 aliphatic heterocycles. The Morgan fingerprint density at radius 2 is 0.658 bits per heavy atom. The van der Waals surface area contributed by atoms with E-state index in [2.05, 4.69) is 56.3 Å². The third-order valence-electron chi connectivity index (χ3n) is 23.8. The minimum Gasteiger partial charge on any atom is -0.428 e. The van der Waals surface area contributed by atoms with Crippen LogP contribution >= 0.6 is 15.9 Å². The maximum absolute atomic E-state index is 13.5. The summed E-state index contributed by atoms with van der Waals surface area (Å²) in [5, 5.41) is 80.1. The molecule has 5 aliphatic rings. The molecule has 17 nitrogen and oxygen atoms in total. The summed E-state index contributed by atoms with van der Waals surface area (Å²) in [7, 11) is -1.50. The van der Waals surface area contributed by atoms with Crippen LogP contribution < -0.4 is 44.8 Å². The van der Waals surface area contributed by atoms with Gasteiger partial charge in [-0.1, -0.05) is 155 Å². The number of epoxide rings is 1. The average molecular weight is 2170 g/mol. The molecule has 0 aliphatic carbocycles. The summed E-state index contributed by atoms with van der Waals surface area (Å²) in [5.74, 6) is -1.73. The Bertz CT molecular complexity index is 6600. The number of nitrogens with zero attached hydrogens (tertiary/aromatic N) is 6. The van der Waals surface area contributed by atoms with Crippen LogP contribution in [0, 0.1) is 45.3 Å². The van der Waals surface area contributed by atoms with Gasteiger partial charge in [-0.05, 0) is 262 Å². The molecule has 0 spiro atoms. The summed E-state index contributed by atoms with van der Waals surface area (Å²) in [4.78, 5) is 2.66. The van der Waals surface area contributed by atoms with Crippen molar-refractivity contribution in [3.05, 3.63) is 338 Å². The number of nitrogens with one attached hydrogen (secondary N) is 2. The van der Waals surface area contributed by atoms with Crippen molar-refractivity contribution in [2.24, 2.45) is 0 Å². The summed E-state index contributed by atoms with van der Waals surface area (Å²) in [5.41, 5.74) is 15.0. The molecule has 17 rings (SSSR count). The molecule has 0 aromatic heterocycles. The minimum atomic E-state index is -4.93. The number of aliphatic hydroxyl groups excluding tert-OH is 2. The highest BCUT2D eigenvalue weighted by Crippen LogP contribution is 2.50. The number of benzene rings is 12. The van der Waals surface area contributed by atoms with E-state index in [0.717, 1.165) is 81.6 Å². The number of β-amino-alcohol motifs (C(OH)–C–C–N with tert-alkyl or cyclic N) is 2. The van der Waals surface area contributed by atoms with E-state index in [1.165, 1.54) is 76.5 Å². The molecule has 12 aromatic carbocycles. The summed E-state index contributed by atoms with van der Waals surface area (Å²) < 4.78 is 342. The van der Waals surface area contributed by atoms with E-state index in [-0.39, 0.29) is 54.2 Å². The maximum atomic E-state index is 13.5. The Kier molecular flexibility index (Phi) is 37.0. The molecule has 7 unspecified atom stereocenters. The fraction of sp³-hybridized carbons (Fsp3) is 0.276. The van der Waals surface area contributed by atoms with Gasteiger partial charge in [-0.25, -0.2) is 0 Å². The zero-order valence-corrected chi connectivity index (χ0v) is 78.5. The van der Waals surface area contributed by atoms with E-state index in [0.29, 0.717) is 103 Å². The molecule has 149 heavy (non-hydrogen) atoms. The van der Waals surface area contributed by atoms with Crippen molar-refractivity contribution in [2.45, 2.75) is 163 Å². The number of fused-ring (bicyclic) bond motifs is 4. The topological polar surface area (TPSA) is 256 Å². The zero-order valence-electron chi connectivity index (χ0n) is 77.0. The van der Waals surface area contributed by atoms with Gasteiger partial charge in [-0.2, -0.15) is 131 Å². The van der Waals surface area contributed by atoms with Crippen molar-refractivity contribution in [1.82, 2.24) is 0 Å². The van der Waals surface area contributed by atoms with Crippen LogP contribution in [0.15, 0.2) is 271 Å². The molecule has 0 amide bonds. The molecule has 6 N–H and O–H groups in total. The Hall–Kier alpha value is -14.4. The molecule has 1 fully saturated rings. The van der Waals surface area contributed by atoms with Crippen LogP contribution in [-0.4, -0.2) is 134 Å². The number of anilines is 4. The lowest BCUT2D eigenvalue weighted by Crippen LogP contribution is -2.44. The van der Waals surface area contributed by atoms with Crippen LogP contribution in [0.5, 0.6) is 23.0 Å². The van der Waals surface area contributed by atoms with Gasteiger partial charge in [0.1, 0.15) is 23.0 Å². The minimum absolute atomic E-state index is 0.101. The number of aliphatic hydroxyl groups is 2. The fourth-order valence-corrected chi connectivity index (χ4v) is 17.3. The lowest BCUT2D eigenvalue weighted by atomic mass is 9.80. The maximum Gasteiger partial charge on any atom is 0.488 e. The molecular formula is C105H83BBrF25N8O9. The largest absolute Gasteiger partial charge is 0.488 e.